The molecule has 29 heavy (non-hydrogen) atoms. The van der Waals surface area contributed by atoms with E-state index in [1.807, 2.05) is 0 Å². The highest BCUT2D eigenvalue weighted by Crippen LogP contribution is 2.41. The number of halogens is 2. The molecule has 6 heteroatoms. The topological polar surface area (TPSA) is 51.2 Å². The Bertz CT molecular complexity index is 1060. The smallest absolute Gasteiger partial charge is 0.270 e. The SMILES string of the molecule is COc1ccc(F)cc1CC1(NC(=O)c2cc(-c3ccccc3F)ccn2)CC1. The monoisotopic (exact) mass is 394 g/mol. The van der Waals surface area contributed by atoms with Crippen LogP contribution in [-0.4, -0.2) is 23.5 Å². The van der Waals surface area contributed by atoms with Gasteiger partial charge in [-0.3, -0.25) is 9.78 Å². The second-order valence-electron chi connectivity index (χ2n) is 7.28. The Kier molecular flexibility index (Phi) is 5.01. The predicted molar refractivity (Wildman–Crippen MR) is 106 cm³/mol. The van der Waals surface area contributed by atoms with Crippen LogP contribution in [0.15, 0.2) is 60.8 Å². The zero-order valence-corrected chi connectivity index (χ0v) is 15.9. The summed E-state index contributed by atoms with van der Waals surface area (Å²) in [5.41, 5.74) is 1.46. The predicted octanol–water partition coefficient (Wildman–Crippen LogP) is 4.54. The minimum atomic E-state index is -0.451. The summed E-state index contributed by atoms with van der Waals surface area (Å²) in [7, 11) is 1.53. The van der Waals surface area contributed by atoms with Crippen molar-refractivity contribution in [2.24, 2.45) is 0 Å². The normalized spacial score (nSPS) is 14.3. The molecular formula is C23H20F2N2O2. The van der Waals surface area contributed by atoms with Crippen molar-refractivity contribution in [1.82, 2.24) is 10.3 Å². The van der Waals surface area contributed by atoms with Gasteiger partial charge >= 0.3 is 0 Å². The zero-order chi connectivity index (χ0) is 20.4. The molecule has 1 aliphatic carbocycles. The summed E-state index contributed by atoms with van der Waals surface area (Å²) in [5, 5.41) is 3.02. The average Bonchev–Trinajstić information content (AvgIpc) is 3.47. The molecule has 1 aromatic heterocycles. The first-order valence-electron chi connectivity index (χ1n) is 9.36. The lowest BCUT2D eigenvalue weighted by atomic mass is 10.0. The highest BCUT2D eigenvalue weighted by molar-refractivity contribution is 5.94. The van der Waals surface area contributed by atoms with Crippen molar-refractivity contribution in [2.75, 3.05) is 7.11 Å². The van der Waals surface area contributed by atoms with Gasteiger partial charge in [-0.1, -0.05) is 18.2 Å². The number of carbonyl (C=O) groups excluding carboxylic acids is 1. The summed E-state index contributed by atoms with van der Waals surface area (Å²) < 4.78 is 33.0. The number of carbonyl (C=O) groups is 1. The molecule has 0 aliphatic heterocycles. The summed E-state index contributed by atoms with van der Waals surface area (Å²) in [4.78, 5) is 16.9. The number of benzene rings is 2. The average molecular weight is 394 g/mol. The van der Waals surface area contributed by atoms with Crippen LogP contribution in [0.3, 0.4) is 0 Å². The molecule has 1 saturated carbocycles. The fourth-order valence-corrected chi connectivity index (χ4v) is 3.47. The molecule has 4 rings (SSSR count). The van der Waals surface area contributed by atoms with Crippen LogP contribution in [0.4, 0.5) is 8.78 Å². The van der Waals surface area contributed by atoms with Crippen LogP contribution in [0.2, 0.25) is 0 Å². The lowest BCUT2D eigenvalue weighted by Crippen LogP contribution is -2.39. The first kappa shape index (κ1) is 19.1. The van der Waals surface area contributed by atoms with E-state index in [4.69, 9.17) is 4.74 Å². The van der Waals surface area contributed by atoms with Crippen molar-refractivity contribution in [3.05, 3.63) is 83.7 Å². The molecule has 0 saturated heterocycles. The summed E-state index contributed by atoms with van der Waals surface area (Å²) >= 11 is 0. The number of ether oxygens (including phenoxy) is 1. The van der Waals surface area contributed by atoms with Crippen LogP contribution >= 0.6 is 0 Å². The summed E-state index contributed by atoms with van der Waals surface area (Å²) in [6.45, 7) is 0. The van der Waals surface area contributed by atoms with Gasteiger partial charge in [0.2, 0.25) is 0 Å². The van der Waals surface area contributed by atoms with E-state index in [0.717, 1.165) is 12.8 Å². The van der Waals surface area contributed by atoms with E-state index in [0.29, 0.717) is 28.9 Å². The number of methoxy groups -OCH3 is 1. The maximum atomic E-state index is 14.1. The standard InChI is InChI=1S/C23H20F2N2O2/c1-29-21-7-6-17(24)12-16(21)14-23(9-10-23)27-22(28)20-13-15(8-11-26-20)18-4-2-3-5-19(18)25/h2-8,11-13H,9-10,14H2,1H3,(H,27,28). The number of nitrogens with one attached hydrogen (secondary N) is 1. The van der Waals surface area contributed by atoms with Crippen LogP contribution in [0.5, 0.6) is 5.75 Å². The van der Waals surface area contributed by atoms with E-state index in [9.17, 15) is 13.6 Å². The van der Waals surface area contributed by atoms with Crippen LogP contribution in [0.1, 0.15) is 28.9 Å². The molecule has 1 aliphatic rings. The van der Waals surface area contributed by atoms with Gasteiger partial charge in [-0.15, -0.1) is 0 Å². The van der Waals surface area contributed by atoms with Crippen LogP contribution in [-0.2, 0) is 6.42 Å². The van der Waals surface area contributed by atoms with E-state index in [1.54, 1.807) is 36.4 Å². The second kappa shape index (κ2) is 7.62. The highest BCUT2D eigenvalue weighted by atomic mass is 19.1. The molecule has 4 nitrogen and oxygen atoms in total. The van der Waals surface area contributed by atoms with Gasteiger partial charge in [-0.2, -0.15) is 0 Å². The summed E-state index contributed by atoms with van der Waals surface area (Å²) in [5.74, 6) is -0.452. The third-order valence-corrected chi connectivity index (χ3v) is 5.18. The first-order chi connectivity index (χ1) is 14.0. The van der Waals surface area contributed by atoms with E-state index >= 15 is 0 Å². The van der Waals surface area contributed by atoms with Crippen molar-refractivity contribution in [1.29, 1.82) is 0 Å². The van der Waals surface area contributed by atoms with Crippen molar-refractivity contribution in [3.8, 4) is 16.9 Å². The fraction of sp³-hybridized carbons (Fsp3) is 0.217. The molecule has 0 unspecified atom stereocenters. The van der Waals surface area contributed by atoms with Gasteiger partial charge in [0.05, 0.1) is 7.11 Å². The number of aromatic nitrogens is 1. The van der Waals surface area contributed by atoms with E-state index in [-0.39, 0.29) is 23.2 Å². The van der Waals surface area contributed by atoms with Gasteiger partial charge in [0.1, 0.15) is 23.1 Å². The molecule has 1 fully saturated rings. The Morgan fingerprint density at radius 2 is 1.93 bits per heavy atom. The Hall–Kier alpha value is -3.28. The molecule has 1 amide bonds. The third-order valence-electron chi connectivity index (χ3n) is 5.18. The summed E-state index contributed by atoms with van der Waals surface area (Å²) in [6, 6.07) is 14.0. The van der Waals surface area contributed by atoms with Gasteiger partial charge in [0.25, 0.3) is 5.91 Å². The Morgan fingerprint density at radius 1 is 1.14 bits per heavy atom. The van der Waals surface area contributed by atoms with Gasteiger partial charge < -0.3 is 10.1 Å². The molecule has 0 bridgehead atoms. The minimum Gasteiger partial charge on any atom is -0.496 e. The number of hydrogen-bond acceptors (Lipinski definition) is 3. The van der Waals surface area contributed by atoms with E-state index in [2.05, 4.69) is 10.3 Å². The Labute approximate surface area is 167 Å². The molecule has 3 aromatic rings. The number of amides is 1. The van der Waals surface area contributed by atoms with Gasteiger partial charge in [0.15, 0.2) is 0 Å². The molecule has 0 atom stereocenters. The van der Waals surface area contributed by atoms with Gasteiger partial charge in [-0.05, 0) is 66.8 Å². The van der Waals surface area contributed by atoms with Crippen LogP contribution in [0, 0.1) is 11.6 Å². The second-order valence-corrected chi connectivity index (χ2v) is 7.28. The summed E-state index contributed by atoms with van der Waals surface area (Å²) in [6.07, 6.45) is 3.52. The lowest BCUT2D eigenvalue weighted by molar-refractivity contribution is 0.0926. The van der Waals surface area contributed by atoms with Gasteiger partial charge in [0, 0.05) is 17.3 Å². The highest BCUT2D eigenvalue weighted by Gasteiger charge is 2.44. The first-order valence-corrected chi connectivity index (χ1v) is 9.36. The van der Waals surface area contributed by atoms with E-state index < -0.39 is 5.54 Å². The number of rotatable bonds is 6. The van der Waals surface area contributed by atoms with E-state index in [1.165, 1.54) is 31.5 Å². The molecule has 1 heterocycles. The van der Waals surface area contributed by atoms with Crippen LogP contribution < -0.4 is 10.1 Å². The zero-order valence-electron chi connectivity index (χ0n) is 15.9. The molecule has 2 aromatic carbocycles. The maximum Gasteiger partial charge on any atom is 0.270 e. The minimum absolute atomic E-state index is 0.211. The van der Waals surface area contributed by atoms with Gasteiger partial charge in [-0.25, -0.2) is 8.78 Å². The maximum absolute atomic E-state index is 14.1. The molecular weight excluding hydrogens is 374 g/mol. The van der Waals surface area contributed by atoms with Crippen molar-refractivity contribution in [3.63, 3.8) is 0 Å². The fourth-order valence-electron chi connectivity index (χ4n) is 3.47. The molecule has 0 spiro atoms. The largest absolute Gasteiger partial charge is 0.496 e. The van der Waals surface area contributed by atoms with Crippen LogP contribution in [0.25, 0.3) is 11.1 Å². The third kappa shape index (κ3) is 4.11. The van der Waals surface area contributed by atoms with Crippen molar-refractivity contribution in [2.45, 2.75) is 24.8 Å². The lowest BCUT2D eigenvalue weighted by Gasteiger charge is -2.19. The van der Waals surface area contributed by atoms with Crippen molar-refractivity contribution >= 4 is 5.91 Å². The number of pyridine rings is 1. The molecule has 1 N–H and O–H groups in total. The number of nitrogens with zero attached hydrogens (tertiary/aromatic N) is 1. The quantitative estimate of drug-likeness (QED) is 0.668. The Morgan fingerprint density at radius 3 is 2.66 bits per heavy atom. The molecule has 148 valence electrons. The number of hydrogen-bond donors (Lipinski definition) is 1. The Balaban J connectivity index is 1.54. The van der Waals surface area contributed by atoms with Crippen molar-refractivity contribution < 1.29 is 18.3 Å². The molecule has 0 radical (unpaired) electrons.